The number of aliphatic hydroxyl groups is 3. The van der Waals surface area contributed by atoms with E-state index < -0.39 is 5.41 Å². The predicted octanol–water partition coefficient (Wildman–Crippen LogP) is -0.958. The first-order valence-electron chi connectivity index (χ1n) is 4.69. The Labute approximate surface area is 78.8 Å². The molecule has 0 aliphatic carbocycles. The van der Waals surface area contributed by atoms with E-state index in [1.54, 1.807) is 0 Å². The van der Waals surface area contributed by atoms with Gasteiger partial charge in [0.15, 0.2) is 0 Å². The molecule has 3 N–H and O–H groups in total. The summed E-state index contributed by atoms with van der Waals surface area (Å²) in [5, 5.41) is 27.5. The van der Waals surface area contributed by atoms with Gasteiger partial charge >= 0.3 is 0 Å². The maximum absolute atomic E-state index is 9.16. The molecule has 3 unspecified atom stereocenters. The molecule has 0 aromatic rings. The molecule has 0 spiro atoms. The highest BCUT2D eigenvalue weighted by atomic mass is 16.3. The molecule has 4 heteroatoms. The SMILES string of the molecule is CC1CN1C(C)C(CO)(CO)CO. The van der Waals surface area contributed by atoms with E-state index in [0.717, 1.165) is 6.54 Å². The average Bonchev–Trinajstić information content (AvgIpc) is 2.86. The lowest BCUT2D eigenvalue weighted by Crippen LogP contribution is -2.47. The molecule has 0 bridgehead atoms. The van der Waals surface area contributed by atoms with Crippen molar-refractivity contribution in [2.24, 2.45) is 5.41 Å². The third-order valence-electron chi connectivity index (χ3n) is 3.24. The highest BCUT2D eigenvalue weighted by Crippen LogP contribution is 2.32. The second kappa shape index (κ2) is 3.92. The monoisotopic (exact) mass is 189 g/mol. The lowest BCUT2D eigenvalue weighted by Gasteiger charge is -2.35. The number of hydrogen-bond acceptors (Lipinski definition) is 4. The molecular formula is C9H19NO3. The lowest BCUT2D eigenvalue weighted by atomic mass is 9.83. The van der Waals surface area contributed by atoms with Gasteiger partial charge in [0, 0.05) is 18.6 Å². The Morgan fingerprint density at radius 1 is 1.31 bits per heavy atom. The maximum atomic E-state index is 9.16. The van der Waals surface area contributed by atoms with Crippen molar-refractivity contribution in [2.75, 3.05) is 26.4 Å². The van der Waals surface area contributed by atoms with E-state index in [1.807, 2.05) is 6.92 Å². The number of hydrogen-bond donors (Lipinski definition) is 3. The summed E-state index contributed by atoms with van der Waals surface area (Å²) in [6, 6.07) is 0.543. The molecule has 13 heavy (non-hydrogen) atoms. The fourth-order valence-corrected chi connectivity index (χ4v) is 1.70. The van der Waals surface area contributed by atoms with Crippen LogP contribution >= 0.6 is 0 Å². The zero-order valence-electron chi connectivity index (χ0n) is 8.27. The first-order chi connectivity index (χ1) is 6.11. The fraction of sp³-hybridized carbons (Fsp3) is 1.00. The van der Waals surface area contributed by atoms with Crippen LogP contribution in [0.1, 0.15) is 13.8 Å². The third-order valence-corrected chi connectivity index (χ3v) is 3.24. The van der Waals surface area contributed by atoms with Crippen LogP contribution in [0, 0.1) is 5.41 Å². The maximum Gasteiger partial charge on any atom is 0.0549 e. The van der Waals surface area contributed by atoms with Crippen molar-refractivity contribution in [3.63, 3.8) is 0 Å². The number of nitrogens with zero attached hydrogens (tertiary/aromatic N) is 1. The average molecular weight is 189 g/mol. The Kier molecular flexibility index (Phi) is 3.29. The van der Waals surface area contributed by atoms with Gasteiger partial charge in [-0.05, 0) is 13.8 Å². The van der Waals surface area contributed by atoms with Gasteiger partial charge in [0.05, 0.1) is 25.2 Å². The number of aliphatic hydroxyl groups excluding tert-OH is 3. The Bertz CT molecular complexity index is 162. The van der Waals surface area contributed by atoms with Crippen molar-refractivity contribution in [3.8, 4) is 0 Å². The summed E-state index contributed by atoms with van der Waals surface area (Å²) in [5.41, 5.74) is -0.759. The van der Waals surface area contributed by atoms with Crippen LogP contribution in [0.4, 0.5) is 0 Å². The highest BCUT2D eigenvalue weighted by Gasteiger charge is 2.45. The predicted molar refractivity (Wildman–Crippen MR) is 49.3 cm³/mol. The van der Waals surface area contributed by atoms with Crippen LogP contribution in [0.3, 0.4) is 0 Å². The van der Waals surface area contributed by atoms with Gasteiger partial charge in [-0.25, -0.2) is 0 Å². The Hall–Kier alpha value is -0.160. The summed E-state index contributed by atoms with van der Waals surface area (Å²) in [5.74, 6) is 0. The van der Waals surface area contributed by atoms with Crippen molar-refractivity contribution in [3.05, 3.63) is 0 Å². The molecule has 78 valence electrons. The third kappa shape index (κ3) is 1.86. The Balaban J connectivity index is 2.63. The van der Waals surface area contributed by atoms with E-state index in [1.165, 1.54) is 0 Å². The molecule has 1 heterocycles. The van der Waals surface area contributed by atoms with Crippen molar-refractivity contribution in [1.29, 1.82) is 0 Å². The van der Waals surface area contributed by atoms with Crippen LogP contribution in [-0.2, 0) is 0 Å². The molecule has 4 nitrogen and oxygen atoms in total. The van der Waals surface area contributed by atoms with Crippen LogP contribution in [0.15, 0.2) is 0 Å². The second-order valence-corrected chi connectivity index (χ2v) is 4.06. The van der Waals surface area contributed by atoms with E-state index in [9.17, 15) is 0 Å². The van der Waals surface area contributed by atoms with Gasteiger partial charge in [0.1, 0.15) is 0 Å². The van der Waals surface area contributed by atoms with Crippen molar-refractivity contribution < 1.29 is 15.3 Å². The standard InChI is InChI=1S/C9H19NO3/c1-7-3-10(7)8(2)9(4-11,5-12)6-13/h7-8,11-13H,3-6H2,1-2H3. The van der Waals surface area contributed by atoms with Gasteiger partial charge in [0.25, 0.3) is 0 Å². The molecule has 0 aromatic carbocycles. The smallest absolute Gasteiger partial charge is 0.0549 e. The largest absolute Gasteiger partial charge is 0.396 e. The van der Waals surface area contributed by atoms with E-state index in [-0.39, 0.29) is 25.9 Å². The fourth-order valence-electron chi connectivity index (χ4n) is 1.70. The summed E-state index contributed by atoms with van der Waals surface area (Å²) < 4.78 is 0. The minimum Gasteiger partial charge on any atom is -0.396 e. The van der Waals surface area contributed by atoms with Crippen LogP contribution in [0.5, 0.6) is 0 Å². The Morgan fingerprint density at radius 2 is 1.69 bits per heavy atom. The lowest BCUT2D eigenvalue weighted by molar-refractivity contribution is -0.0340. The van der Waals surface area contributed by atoms with Crippen LogP contribution in [0.2, 0.25) is 0 Å². The molecular weight excluding hydrogens is 170 g/mol. The highest BCUT2D eigenvalue weighted by molar-refractivity contribution is 4.98. The van der Waals surface area contributed by atoms with Gasteiger partial charge in [-0.2, -0.15) is 0 Å². The van der Waals surface area contributed by atoms with E-state index in [2.05, 4.69) is 11.8 Å². The topological polar surface area (TPSA) is 63.7 Å². The normalized spacial score (nSPS) is 30.2. The first kappa shape index (κ1) is 10.9. The zero-order chi connectivity index (χ0) is 10.1. The van der Waals surface area contributed by atoms with Gasteiger partial charge in [0.2, 0.25) is 0 Å². The van der Waals surface area contributed by atoms with Crippen molar-refractivity contribution in [1.82, 2.24) is 4.90 Å². The first-order valence-corrected chi connectivity index (χ1v) is 4.69. The molecule has 3 atom stereocenters. The minimum atomic E-state index is -0.759. The minimum absolute atomic E-state index is 0.0301. The number of rotatable bonds is 5. The summed E-state index contributed by atoms with van der Waals surface area (Å²) >= 11 is 0. The van der Waals surface area contributed by atoms with Gasteiger partial charge in [-0.15, -0.1) is 0 Å². The van der Waals surface area contributed by atoms with Crippen LogP contribution < -0.4 is 0 Å². The van der Waals surface area contributed by atoms with Gasteiger partial charge < -0.3 is 15.3 Å². The molecule has 1 saturated heterocycles. The quantitative estimate of drug-likeness (QED) is 0.488. The molecule has 0 radical (unpaired) electrons. The van der Waals surface area contributed by atoms with Crippen LogP contribution in [-0.4, -0.2) is 58.7 Å². The molecule has 1 aliphatic rings. The van der Waals surface area contributed by atoms with E-state index in [4.69, 9.17) is 15.3 Å². The van der Waals surface area contributed by atoms with Gasteiger partial charge in [-0.1, -0.05) is 0 Å². The summed E-state index contributed by atoms with van der Waals surface area (Å²) in [4.78, 5) is 2.16. The van der Waals surface area contributed by atoms with Crippen LogP contribution in [0.25, 0.3) is 0 Å². The molecule has 1 rings (SSSR count). The van der Waals surface area contributed by atoms with E-state index in [0.29, 0.717) is 6.04 Å². The molecule has 0 saturated carbocycles. The molecule has 1 fully saturated rings. The molecule has 0 amide bonds. The second-order valence-electron chi connectivity index (χ2n) is 4.06. The van der Waals surface area contributed by atoms with Gasteiger partial charge in [-0.3, -0.25) is 4.90 Å². The summed E-state index contributed by atoms with van der Waals surface area (Å²) in [7, 11) is 0. The summed E-state index contributed by atoms with van der Waals surface area (Å²) in [6.07, 6.45) is 0. The molecule has 1 aliphatic heterocycles. The Morgan fingerprint density at radius 3 is 1.92 bits per heavy atom. The zero-order valence-corrected chi connectivity index (χ0v) is 8.27. The van der Waals surface area contributed by atoms with Crippen molar-refractivity contribution in [2.45, 2.75) is 25.9 Å². The summed E-state index contributed by atoms with van der Waals surface area (Å²) in [6.45, 7) is 4.49. The van der Waals surface area contributed by atoms with Crippen molar-refractivity contribution >= 4 is 0 Å². The molecule has 0 aromatic heterocycles. The van der Waals surface area contributed by atoms with E-state index >= 15 is 0 Å².